The molecule has 0 saturated heterocycles. The number of fused-ring (bicyclic) bond motifs is 1. The Morgan fingerprint density at radius 1 is 0.912 bits per heavy atom. The van der Waals surface area contributed by atoms with Gasteiger partial charge in [-0.2, -0.15) is 5.26 Å². The van der Waals surface area contributed by atoms with Gasteiger partial charge >= 0.3 is 5.69 Å². The van der Waals surface area contributed by atoms with Crippen LogP contribution in [0.1, 0.15) is 16.7 Å². The average Bonchev–Trinajstić information content (AvgIpc) is 3.26. The second-order valence-corrected chi connectivity index (χ2v) is 7.79. The van der Waals surface area contributed by atoms with Crippen LogP contribution in [-0.2, 0) is 13.1 Å². The van der Waals surface area contributed by atoms with Gasteiger partial charge in [0.2, 0.25) is 0 Å². The van der Waals surface area contributed by atoms with Crippen molar-refractivity contribution >= 4 is 11.2 Å². The molecule has 7 nitrogen and oxygen atoms in total. The molecule has 5 rings (SSSR count). The number of benzene rings is 3. The third-order valence-electron chi connectivity index (χ3n) is 5.63. The molecule has 166 valence electrons. The maximum atomic E-state index is 14.0. The molecule has 0 aliphatic rings. The molecule has 2 aromatic heterocycles. The van der Waals surface area contributed by atoms with Crippen LogP contribution in [0.5, 0.6) is 0 Å². The fraction of sp³-hybridized carbons (Fsp3) is 0.0769. The molecule has 0 amide bonds. The SMILES string of the molecule is N#Cc1ccccc1Cn1cnc2c1c(=O)n(Cc1ccccc1)c(=O)n2-c1cccc(F)c1. The quantitative estimate of drug-likeness (QED) is 0.410. The Morgan fingerprint density at radius 2 is 1.68 bits per heavy atom. The van der Waals surface area contributed by atoms with E-state index in [1.165, 1.54) is 29.1 Å². The van der Waals surface area contributed by atoms with E-state index in [0.717, 1.165) is 10.1 Å². The first-order valence-electron chi connectivity index (χ1n) is 10.6. The minimum Gasteiger partial charge on any atom is -0.320 e. The molecule has 8 heteroatoms. The lowest BCUT2D eigenvalue weighted by atomic mass is 10.1. The highest BCUT2D eigenvalue weighted by molar-refractivity contribution is 5.72. The van der Waals surface area contributed by atoms with Crippen molar-refractivity contribution in [3.8, 4) is 11.8 Å². The molecular formula is C26H18FN5O2. The monoisotopic (exact) mass is 451 g/mol. The van der Waals surface area contributed by atoms with Crippen LogP contribution in [0.2, 0.25) is 0 Å². The summed E-state index contributed by atoms with van der Waals surface area (Å²) in [6.07, 6.45) is 1.46. The van der Waals surface area contributed by atoms with Gasteiger partial charge in [0.15, 0.2) is 11.2 Å². The number of nitriles is 1. The lowest BCUT2D eigenvalue weighted by Gasteiger charge is -2.13. The van der Waals surface area contributed by atoms with Crippen molar-refractivity contribution in [1.82, 2.24) is 18.7 Å². The molecule has 0 aliphatic carbocycles. The van der Waals surface area contributed by atoms with Crippen molar-refractivity contribution in [2.75, 3.05) is 0 Å². The van der Waals surface area contributed by atoms with E-state index in [0.29, 0.717) is 11.1 Å². The van der Waals surface area contributed by atoms with Crippen LogP contribution >= 0.6 is 0 Å². The smallest absolute Gasteiger partial charge is 0.320 e. The summed E-state index contributed by atoms with van der Waals surface area (Å²) < 4.78 is 18.0. The van der Waals surface area contributed by atoms with Crippen LogP contribution in [0.15, 0.2) is 94.8 Å². The predicted molar refractivity (Wildman–Crippen MR) is 125 cm³/mol. The van der Waals surface area contributed by atoms with Gasteiger partial charge in [0.1, 0.15) is 5.82 Å². The van der Waals surface area contributed by atoms with Gasteiger partial charge < -0.3 is 4.57 Å². The Hall–Kier alpha value is -4.77. The summed E-state index contributed by atoms with van der Waals surface area (Å²) >= 11 is 0. The minimum atomic E-state index is -0.616. The summed E-state index contributed by atoms with van der Waals surface area (Å²) in [6.45, 7) is 0.256. The molecule has 2 heterocycles. The van der Waals surface area contributed by atoms with E-state index in [9.17, 15) is 19.2 Å². The van der Waals surface area contributed by atoms with Gasteiger partial charge in [-0.25, -0.2) is 18.7 Å². The molecule has 0 radical (unpaired) electrons. The Balaban J connectivity index is 1.78. The molecule has 0 N–H and O–H groups in total. The van der Waals surface area contributed by atoms with Crippen LogP contribution in [0.4, 0.5) is 4.39 Å². The Morgan fingerprint density at radius 3 is 2.44 bits per heavy atom. The number of hydrogen-bond acceptors (Lipinski definition) is 4. The summed E-state index contributed by atoms with van der Waals surface area (Å²) in [5.41, 5.74) is 1.41. The molecular weight excluding hydrogens is 433 g/mol. The number of rotatable bonds is 5. The van der Waals surface area contributed by atoms with Gasteiger partial charge in [0.25, 0.3) is 5.56 Å². The lowest BCUT2D eigenvalue weighted by Crippen LogP contribution is -2.40. The Bertz CT molecular complexity index is 1680. The molecule has 0 spiro atoms. The molecule has 5 aromatic rings. The lowest BCUT2D eigenvalue weighted by molar-refractivity contribution is 0.624. The zero-order chi connectivity index (χ0) is 23.7. The number of halogens is 1. The summed E-state index contributed by atoms with van der Waals surface area (Å²) in [5, 5.41) is 9.46. The highest BCUT2D eigenvalue weighted by Crippen LogP contribution is 2.17. The van der Waals surface area contributed by atoms with Crippen LogP contribution in [0, 0.1) is 17.1 Å². The first-order valence-corrected chi connectivity index (χ1v) is 10.6. The van der Waals surface area contributed by atoms with E-state index < -0.39 is 17.1 Å². The third kappa shape index (κ3) is 3.69. The maximum absolute atomic E-state index is 14.0. The first-order chi connectivity index (χ1) is 16.6. The van der Waals surface area contributed by atoms with Crippen molar-refractivity contribution in [3.05, 3.63) is 129 Å². The maximum Gasteiger partial charge on any atom is 0.337 e. The topological polar surface area (TPSA) is 85.6 Å². The van der Waals surface area contributed by atoms with Crippen molar-refractivity contribution in [1.29, 1.82) is 5.26 Å². The standard InChI is InChI=1S/C26H18FN5O2/c27-21-11-6-12-22(13-21)32-24-23(25(33)31(26(32)34)15-18-7-2-1-3-8-18)30(17-29-24)16-20-10-5-4-9-19(20)14-28/h1-13,17H,15-16H2. The van der Waals surface area contributed by atoms with E-state index in [2.05, 4.69) is 11.1 Å². The molecule has 0 atom stereocenters. The molecule has 34 heavy (non-hydrogen) atoms. The highest BCUT2D eigenvalue weighted by Gasteiger charge is 2.20. The zero-order valence-electron chi connectivity index (χ0n) is 17.9. The third-order valence-corrected chi connectivity index (χ3v) is 5.63. The zero-order valence-corrected chi connectivity index (χ0v) is 17.9. The Labute approximate surface area is 193 Å². The first kappa shape index (κ1) is 21.1. The Kier molecular flexibility index (Phi) is 5.36. The van der Waals surface area contributed by atoms with Gasteiger partial charge in [0, 0.05) is 0 Å². The second-order valence-electron chi connectivity index (χ2n) is 7.79. The number of nitrogens with zero attached hydrogens (tertiary/aromatic N) is 5. The fourth-order valence-corrected chi connectivity index (χ4v) is 4.00. The molecule has 0 unspecified atom stereocenters. The van der Waals surface area contributed by atoms with Gasteiger partial charge in [-0.15, -0.1) is 0 Å². The summed E-state index contributed by atoms with van der Waals surface area (Å²) in [7, 11) is 0. The molecule has 0 aliphatic heterocycles. The van der Waals surface area contributed by atoms with Crippen molar-refractivity contribution in [3.63, 3.8) is 0 Å². The largest absolute Gasteiger partial charge is 0.337 e. The van der Waals surface area contributed by atoms with Crippen LogP contribution in [-0.4, -0.2) is 18.7 Å². The van der Waals surface area contributed by atoms with Crippen molar-refractivity contribution in [2.24, 2.45) is 0 Å². The van der Waals surface area contributed by atoms with Gasteiger partial charge in [-0.05, 0) is 35.4 Å². The average molecular weight is 451 g/mol. The van der Waals surface area contributed by atoms with Gasteiger partial charge in [0.05, 0.1) is 36.7 Å². The number of aromatic nitrogens is 4. The second kappa shape index (κ2) is 8.64. The fourth-order valence-electron chi connectivity index (χ4n) is 4.00. The summed E-state index contributed by atoms with van der Waals surface area (Å²) in [4.78, 5) is 31.4. The molecule has 0 fully saturated rings. The van der Waals surface area contributed by atoms with E-state index in [4.69, 9.17) is 0 Å². The number of hydrogen-bond donors (Lipinski definition) is 0. The molecule has 3 aromatic carbocycles. The highest BCUT2D eigenvalue weighted by atomic mass is 19.1. The summed E-state index contributed by atoms with van der Waals surface area (Å²) in [6, 6.07) is 24.0. The van der Waals surface area contributed by atoms with Gasteiger partial charge in [-0.3, -0.25) is 9.36 Å². The minimum absolute atomic E-state index is 0.0454. The van der Waals surface area contributed by atoms with E-state index in [1.807, 2.05) is 36.4 Å². The van der Waals surface area contributed by atoms with Crippen molar-refractivity contribution < 1.29 is 4.39 Å². The van der Waals surface area contributed by atoms with Crippen molar-refractivity contribution in [2.45, 2.75) is 13.1 Å². The molecule has 0 bridgehead atoms. The van der Waals surface area contributed by atoms with E-state index in [-0.39, 0.29) is 29.9 Å². The normalized spacial score (nSPS) is 10.9. The number of imidazole rings is 1. The van der Waals surface area contributed by atoms with E-state index >= 15 is 0 Å². The van der Waals surface area contributed by atoms with Crippen LogP contribution < -0.4 is 11.2 Å². The van der Waals surface area contributed by atoms with Gasteiger partial charge in [-0.1, -0.05) is 54.6 Å². The van der Waals surface area contributed by atoms with Crippen LogP contribution in [0.3, 0.4) is 0 Å². The van der Waals surface area contributed by atoms with E-state index in [1.54, 1.807) is 28.8 Å². The van der Waals surface area contributed by atoms with Crippen LogP contribution in [0.25, 0.3) is 16.9 Å². The summed E-state index contributed by atoms with van der Waals surface area (Å²) in [5.74, 6) is -0.513. The molecule has 0 saturated carbocycles. The predicted octanol–water partition coefficient (Wildman–Crippen LogP) is 3.46.